The van der Waals surface area contributed by atoms with Crippen LogP contribution in [-0.4, -0.2) is 30.0 Å². The smallest absolute Gasteiger partial charge is 0.266 e. The van der Waals surface area contributed by atoms with Crippen LogP contribution in [0, 0.1) is 5.92 Å². The van der Waals surface area contributed by atoms with Gasteiger partial charge in [0, 0.05) is 12.4 Å². The zero-order valence-electron chi connectivity index (χ0n) is 16.2. The van der Waals surface area contributed by atoms with Gasteiger partial charge < -0.3 is 4.74 Å². The van der Waals surface area contributed by atoms with E-state index in [0.29, 0.717) is 11.4 Å². The number of para-hydroxylation sites is 1. The molecule has 1 aromatic heterocycles. The fraction of sp³-hybridized carbons (Fsp3) is 0.174. The predicted octanol–water partition coefficient (Wildman–Crippen LogP) is 3.14. The lowest BCUT2D eigenvalue weighted by Crippen LogP contribution is -2.37. The van der Waals surface area contributed by atoms with Crippen molar-refractivity contribution in [1.82, 2.24) is 4.98 Å². The number of hydrogen-bond acceptors (Lipinski definition) is 6. The molecule has 2 aliphatic heterocycles. The average molecular weight is 401 g/mol. The van der Waals surface area contributed by atoms with Gasteiger partial charge >= 0.3 is 0 Å². The van der Waals surface area contributed by atoms with Crippen molar-refractivity contribution in [1.29, 1.82) is 0 Å². The minimum Gasteiger partial charge on any atom is -0.497 e. The maximum absolute atomic E-state index is 13.5. The van der Waals surface area contributed by atoms with Crippen LogP contribution in [0.15, 0.2) is 79.1 Å². The number of hydroxylamine groups is 1. The zero-order valence-corrected chi connectivity index (χ0v) is 16.2. The summed E-state index contributed by atoms with van der Waals surface area (Å²) >= 11 is 0. The van der Waals surface area contributed by atoms with Crippen molar-refractivity contribution in [3.63, 3.8) is 0 Å². The Morgan fingerprint density at radius 3 is 2.33 bits per heavy atom. The van der Waals surface area contributed by atoms with Crippen LogP contribution >= 0.6 is 0 Å². The Balaban J connectivity index is 1.55. The molecule has 2 aromatic carbocycles. The predicted molar refractivity (Wildman–Crippen MR) is 110 cm³/mol. The Hall–Kier alpha value is -3.71. The van der Waals surface area contributed by atoms with Gasteiger partial charge in [0.25, 0.3) is 5.91 Å². The fourth-order valence-electron chi connectivity index (χ4n) is 4.09. The Morgan fingerprint density at radius 1 is 0.900 bits per heavy atom. The number of amides is 2. The number of ether oxygens (including phenoxy) is 1. The van der Waals surface area contributed by atoms with Crippen LogP contribution in [0.1, 0.15) is 11.6 Å². The number of imide groups is 1. The number of hydrogen-bond donors (Lipinski definition) is 0. The minimum atomic E-state index is -0.898. The molecule has 150 valence electrons. The van der Waals surface area contributed by atoms with Crippen LogP contribution in [0.3, 0.4) is 0 Å². The maximum Gasteiger partial charge on any atom is 0.266 e. The lowest BCUT2D eigenvalue weighted by atomic mass is 9.91. The molecule has 3 heterocycles. The molecule has 0 spiro atoms. The maximum atomic E-state index is 13.5. The number of carbonyl (C=O) groups excluding carboxylic acids is 2. The number of fused-ring (bicyclic) bond motifs is 1. The van der Waals surface area contributed by atoms with Crippen molar-refractivity contribution < 1.29 is 19.2 Å². The fourth-order valence-corrected chi connectivity index (χ4v) is 4.09. The van der Waals surface area contributed by atoms with Crippen molar-refractivity contribution in [2.45, 2.75) is 12.1 Å². The number of anilines is 2. The summed E-state index contributed by atoms with van der Waals surface area (Å²) in [7, 11) is 1.57. The quantitative estimate of drug-likeness (QED) is 0.626. The van der Waals surface area contributed by atoms with Crippen LogP contribution in [-0.2, 0) is 14.4 Å². The molecule has 7 nitrogen and oxygen atoms in total. The van der Waals surface area contributed by atoms with Gasteiger partial charge in [-0.25, -0.2) is 9.96 Å². The summed E-state index contributed by atoms with van der Waals surface area (Å²) in [5.74, 6) is -0.688. The van der Waals surface area contributed by atoms with Gasteiger partial charge in [-0.15, -0.1) is 0 Å². The molecule has 2 aliphatic rings. The normalized spacial score (nSPS) is 23.0. The highest BCUT2D eigenvalue weighted by atomic mass is 16.7. The number of nitrogens with zero attached hydrogens (tertiary/aromatic N) is 3. The third-order valence-corrected chi connectivity index (χ3v) is 5.48. The number of rotatable bonds is 4. The van der Waals surface area contributed by atoms with E-state index in [-0.39, 0.29) is 11.8 Å². The van der Waals surface area contributed by atoms with E-state index in [9.17, 15) is 9.59 Å². The lowest BCUT2D eigenvalue weighted by Gasteiger charge is -2.28. The SMILES string of the molecule is COc1ccc(N2C(=O)[C@@H]3[C@@H](ON(c4ccccc4)[C@H]3c3cccnc3)C2=O)cc1. The Labute approximate surface area is 173 Å². The molecule has 3 atom stereocenters. The molecule has 0 saturated carbocycles. The number of benzene rings is 2. The molecule has 3 aromatic rings. The van der Waals surface area contributed by atoms with E-state index in [4.69, 9.17) is 9.57 Å². The van der Waals surface area contributed by atoms with Crippen molar-refractivity contribution >= 4 is 23.2 Å². The first-order valence-electron chi connectivity index (χ1n) is 9.62. The molecule has 5 rings (SSSR count). The second-order valence-corrected chi connectivity index (χ2v) is 7.15. The minimum absolute atomic E-state index is 0.289. The summed E-state index contributed by atoms with van der Waals surface area (Å²) in [6.07, 6.45) is 2.49. The van der Waals surface area contributed by atoms with Crippen molar-refractivity contribution in [2.75, 3.05) is 17.1 Å². The first kappa shape index (κ1) is 18.3. The van der Waals surface area contributed by atoms with Crippen molar-refractivity contribution in [3.05, 3.63) is 84.7 Å². The molecular formula is C23H19N3O4. The average Bonchev–Trinajstić information content (AvgIpc) is 3.31. The third-order valence-electron chi connectivity index (χ3n) is 5.48. The summed E-state index contributed by atoms with van der Waals surface area (Å²) in [5, 5.41) is 1.66. The summed E-state index contributed by atoms with van der Waals surface area (Å²) in [6, 6.07) is 19.5. The molecule has 2 saturated heterocycles. The van der Waals surface area contributed by atoms with Crippen LogP contribution < -0.4 is 14.7 Å². The van der Waals surface area contributed by atoms with Crippen LogP contribution in [0.25, 0.3) is 0 Å². The summed E-state index contributed by atoms with van der Waals surface area (Å²) in [5.41, 5.74) is 2.09. The Morgan fingerprint density at radius 2 is 1.67 bits per heavy atom. The van der Waals surface area contributed by atoms with Gasteiger partial charge in [-0.05, 0) is 48.0 Å². The molecular weight excluding hydrogens is 382 g/mol. The Kier molecular flexibility index (Phi) is 4.44. The number of aromatic nitrogens is 1. The molecule has 0 aliphatic carbocycles. The molecule has 0 unspecified atom stereocenters. The van der Waals surface area contributed by atoms with Crippen molar-refractivity contribution in [3.8, 4) is 5.75 Å². The number of carbonyl (C=O) groups is 2. The Bertz CT molecular complexity index is 1070. The van der Waals surface area contributed by atoms with E-state index in [0.717, 1.165) is 11.3 Å². The standard InChI is InChI=1S/C23H19N3O4/c1-29-18-11-9-16(10-12-18)25-22(27)19-20(15-6-5-13-24-14-15)26(30-21(19)23(25)28)17-7-3-2-4-8-17/h2-14,19-21H,1H3/t19-,20-,21+/m0/s1. The molecule has 7 heteroatoms. The first-order chi connectivity index (χ1) is 14.7. The van der Waals surface area contributed by atoms with Gasteiger partial charge in [-0.3, -0.25) is 19.4 Å². The molecule has 2 fully saturated rings. The molecule has 2 amide bonds. The van der Waals surface area contributed by atoms with E-state index in [1.165, 1.54) is 4.90 Å². The number of pyridine rings is 1. The van der Waals surface area contributed by atoms with Crippen LogP contribution in [0.4, 0.5) is 11.4 Å². The second kappa shape index (κ2) is 7.27. The van der Waals surface area contributed by atoms with E-state index in [1.54, 1.807) is 48.8 Å². The summed E-state index contributed by atoms with van der Waals surface area (Å²) in [6.45, 7) is 0. The van der Waals surface area contributed by atoms with Crippen molar-refractivity contribution in [2.24, 2.45) is 5.92 Å². The topological polar surface area (TPSA) is 72.0 Å². The van der Waals surface area contributed by atoms with E-state index >= 15 is 0 Å². The number of methoxy groups -OCH3 is 1. The third kappa shape index (κ3) is 2.83. The van der Waals surface area contributed by atoms with E-state index in [1.807, 2.05) is 42.5 Å². The summed E-state index contributed by atoms with van der Waals surface area (Å²) < 4.78 is 5.17. The lowest BCUT2D eigenvalue weighted by molar-refractivity contribution is -0.126. The van der Waals surface area contributed by atoms with Gasteiger partial charge in [0.15, 0.2) is 6.10 Å². The molecule has 30 heavy (non-hydrogen) atoms. The second-order valence-electron chi connectivity index (χ2n) is 7.15. The van der Waals surface area contributed by atoms with Crippen LogP contribution in [0.2, 0.25) is 0 Å². The van der Waals surface area contributed by atoms with E-state index < -0.39 is 18.1 Å². The largest absolute Gasteiger partial charge is 0.497 e. The van der Waals surface area contributed by atoms with Gasteiger partial charge in [-0.2, -0.15) is 0 Å². The summed E-state index contributed by atoms with van der Waals surface area (Å²) in [4.78, 5) is 38.2. The zero-order chi connectivity index (χ0) is 20.7. The van der Waals surface area contributed by atoms with Crippen LogP contribution in [0.5, 0.6) is 5.75 Å². The molecule has 0 bridgehead atoms. The molecule has 0 radical (unpaired) electrons. The highest BCUT2D eigenvalue weighted by molar-refractivity contribution is 6.23. The molecule has 0 N–H and O–H groups in total. The van der Waals surface area contributed by atoms with Gasteiger partial charge in [-0.1, -0.05) is 24.3 Å². The van der Waals surface area contributed by atoms with Gasteiger partial charge in [0.1, 0.15) is 11.7 Å². The highest BCUT2D eigenvalue weighted by Crippen LogP contribution is 2.47. The van der Waals surface area contributed by atoms with Gasteiger partial charge in [0.05, 0.1) is 24.5 Å². The van der Waals surface area contributed by atoms with Gasteiger partial charge in [0.2, 0.25) is 5.91 Å². The highest BCUT2D eigenvalue weighted by Gasteiger charge is 2.60. The monoisotopic (exact) mass is 401 g/mol. The first-order valence-corrected chi connectivity index (χ1v) is 9.62. The van der Waals surface area contributed by atoms with E-state index in [2.05, 4.69) is 4.98 Å².